The van der Waals surface area contributed by atoms with E-state index in [0.29, 0.717) is 12.1 Å². The lowest BCUT2D eigenvalue weighted by atomic mass is 10.2. The van der Waals surface area contributed by atoms with Crippen LogP contribution >= 0.6 is 0 Å². The maximum atomic E-state index is 12.3. The largest absolute Gasteiger partial charge is 0.347 e. The number of hydrogen-bond acceptors (Lipinski definition) is 3. The minimum absolute atomic E-state index is 0.277. The molecule has 3 aromatic rings. The third kappa shape index (κ3) is 2.61. The van der Waals surface area contributed by atoms with Gasteiger partial charge in [0, 0.05) is 12.6 Å². The summed E-state index contributed by atoms with van der Waals surface area (Å²) >= 11 is 0. The van der Waals surface area contributed by atoms with Crippen LogP contribution in [-0.4, -0.2) is 14.3 Å². The molecule has 0 bridgehead atoms. The van der Waals surface area contributed by atoms with Crippen molar-refractivity contribution < 1.29 is 0 Å². The minimum Gasteiger partial charge on any atom is -0.267 e. The molecule has 0 aliphatic carbocycles. The lowest BCUT2D eigenvalue weighted by Gasteiger charge is -2.09. The van der Waals surface area contributed by atoms with Gasteiger partial charge in [-0.3, -0.25) is 9.36 Å². The molecule has 5 heteroatoms. The number of nitrogens with zero attached hydrogens (tertiary/aromatic N) is 3. The SMILES string of the molecule is Cn1c(=O)c(-c2ccccc2)nn(Cc2ccccc2)c1=O. The molecular weight excluding hydrogens is 278 g/mol. The second kappa shape index (κ2) is 5.81. The summed E-state index contributed by atoms with van der Waals surface area (Å²) in [6, 6.07) is 18.7. The lowest BCUT2D eigenvalue weighted by molar-refractivity contribution is 0.565. The van der Waals surface area contributed by atoms with Gasteiger partial charge in [-0.05, 0) is 5.56 Å². The van der Waals surface area contributed by atoms with Gasteiger partial charge in [-0.15, -0.1) is 0 Å². The van der Waals surface area contributed by atoms with E-state index in [-0.39, 0.29) is 11.3 Å². The second-order valence-corrected chi connectivity index (χ2v) is 5.00. The van der Waals surface area contributed by atoms with Crippen molar-refractivity contribution in [2.24, 2.45) is 7.05 Å². The second-order valence-electron chi connectivity index (χ2n) is 5.00. The Kier molecular flexibility index (Phi) is 3.70. The van der Waals surface area contributed by atoms with Gasteiger partial charge in [-0.25, -0.2) is 9.48 Å². The fraction of sp³-hybridized carbons (Fsp3) is 0.118. The Bertz CT molecular complexity index is 897. The Balaban J connectivity index is 2.14. The summed E-state index contributed by atoms with van der Waals surface area (Å²) in [7, 11) is 1.47. The van der Waals surface area contributed by atoms with Crippen LogP contribution in [0, 0.1) is 0 Å². The van der Waals surface area contributed by atoms with Crippen molar-refractivity contribution in [2.45, 2.75) is 6.54 Å². The van der Waals surface area contributed by atoms with Crippen molar-refractivity contribution in [1.82, 2.24) is 14.3 Å². The Hall–Kier alpha value is -2.95. The molecule has 0 fully saturated rings. The van der Waals surface area contributed by atoms with Crippen LogP contribution in [0.2, 0.25) is 0 Å². The first-order valence-corrected chi connectivity index (χ1v) is 6.94. The summed E-state index contributed by atoms with van der Waals surface area (Å²) in [6.45, 7) is 0.327. The maximum Gasteiger partial charge on any atom is 0.347 e. The highest BCUT2D eigenvalue weighted by molar-refractivity contribution is 5.56. The van der Waals surface area contributed by atoms with Gasteiger partial charge in [-0.1, -0.05) is 60.7 Å². The number of aromatic nitrogens is 3. The highest BCUT2D eigenvalue weighted by Crippen LogP contribution is 2.10. The molecule has 1 heterocycles. The van der Waals surface area contributed by atoms with Gasteiger partial charge in [-0.2, -0.15) is 5.10 Å². The molecule has 110 valence electrons. The van der Waals surface area contributed by atoms with E-state index >= 15 is 0 Å². The normalized spacial score (nSPS) is 10.6. The van der Waals surface area contributed by atoms with Gasteiger partial charge < -0.3 is 0 Å². The van der Waals surface area contributed by atoms with Gasteiger partial charge in [0.15, 0.2) is 5.69 Å². The molecule has 0 saturated heterocycles. The van der Waals surface area contributed by atoms with E-state index in [1.807, 2.05) is 48.5 Å². The smallest absolute Gasteiger partial charge is 0.267 e. The molecule has 0 saturated carbocycles. The van der Waals surface area contributed by atoms with Crippen LogP contribution in [0.25, 0.3) is 11.3 Å². The fourth-order valence-corrected chi connectivity index (χ4v) is 2.26. The van der Waals surface area contributed by atoms with Gasteiger partial charge in [0.1, 0.15) is 0 Å². The molecule has 3 rings (SSSR count). The first kappa shape index (κ1) is 14.0. The summed E-state index contributed by atoms with van der Waals surface area (Å²) in [5.74, 6) is 0. The van der Waals surface area contributed by atoms with E-state index in [0.717, 1.165) is 10.1 Å². The van der Waals surface area contributed by atoms with Crippen LogP contribution in [0.1, 0.15) is 5.56 Å². The van der Waals surface area contributed by atoms with Gasteiger partial charge >= 0.3 is 5.69 Å². The van der Waals surface area contributed by atoms with Crippen LogP contribution in [0.4, 0.5) is 0 Å². The van der Waals surface area contributed by atoms with Gasteiger partial charge in [0.2, 0.25) is 0 Å². The van der Waals surface area contributed by atoms with E-state index in [4.69, 9.17) is 0 Å². The highest BCUT2D eigenvalue weighted by Gasteiger charge is 2.12. The van der Waals surface area contributed by atoms with Crippen LogP contribution in [0.5, 0.6) is 0 Å². The van der Waals surface area contributed by atoms with E-state index in [1.165, 1.54) is 11.7 Å². The summed E-state index contributed by atoms with van der Waals surface area (Å²) < 4.78 is 2.41. The molecule has 0 N–H and O–H groups in total. The summed E-state index contributed by atoms with van der Waals surface area (Å²) in [6.07, 6.45) is 0. The van der Waals surface area contributed by atoms with E-state index in [2.05, 4.69) is 5.10 Å². The number of hydrogen-bond donors (Lipinski definition) is 0. The zero-order valence-electron chi connectivity index (χ0n) is 12.1. The first-order valence-electron chi connectivity index (χ1n) is 6.94. The van der Waals surface area contributed by atoms with E-state index in [1.54, 1.807) is 12.1 Å². The molecule has 0 radical (unpaired) electrons. The zero-order chi connectivity index (χ0) is 15.5. The summed E-state index contributed by atoms with van der Waals surface area (Å²) in [5.41, 5.74) is 1.12. The third-order valence-corrected chi connectivity index (χ3v) is 3.46. The molecule has 1 aromatic heterocycles. The predicted octanol–water partition coefficient (Wildman–Crippen LogP) is 1.66. The van der Waals surface area contributed by atoms with Crippen molar-refractivity contribution in [3.8, 4) is 11.3 Å². The maximum absolute atomic E-state index is 12.3. The van der Waals surface area contributed by atoms with Crippen molar-refractivity contribution >= 4 is 0 Å². The molecule has 2 aromatic carbocycles. The van der Waals surface area contributed by atoms with E-state index < -0.39 is 5.69 Å². The summed E-state index contributed by atoms with van der Waals surface area (Å²) in [5, 5.41) is 4.27. The molecule has 0 atom stereocenters. The quantitative estimate of drug-likeness (QED) is 0.738. The lowest BCUT2D eigenvalue weighted by Crippen LogP contribution is -2.40. The first-order chi connectivity index (χ1) is 10.7. The summed E-state index contributed by atoms with van der Waals surface area (Å²) in [4.78, 5) is 24.5. The topological polar surface area (TPSA) is 56.9 Å². The van der Waals surface area contributed by atoms with Crippen molar-refractivity contribution in [2.75, 3.05) is 0 Å². The number of benzene rings is 2. The highest BCUT2D eigenvalue weighted by atomic mass is 16.2. The molecular formula is C17H15N3O2. The predicted molar refractivity (Wildman–Crippen MR) is 84.7 cm³/mol. The zero-order valence-corrected chi connectivity index (χ0v) is 12.1. The monoisotopic (exact) mass is 293 g/mol. The van der Waals surface area contributed by atoms with E-state index in [9.17, 15) is 9.59 Å². The molecule has 0 spiro atoms. The number of rotatable bonds is 3. The van der Waals surface area contributed by atoms with Crippen LogP contribution < -0.4 is 11.2 Å². The third-order valence-electron chi connectivity index (χ3n) is 3.46. The average molecular weight is 293 g/mol. The molecule has 0 amide bonds. The van der Waals surface area contributed by atoms with Crippen LogP contribution in [-0.2, 0) is 13.6 Å². The molecule has 0 unspecified atom stereocenters. The average Bonchev–Trinajstić information content (AvgIpc) is 2.57. The Labute approximate surface area is 127 Å². The van der Waals surface area contributed by atoms with Crippen molar-refractivity contribution in [3.63, 3.8) is 0 Å². The van der Waals surface area contributed by atoms with Crippen molar-refractivity contribution in [3.05, 3.63) is 87.1 Å². The Morgan fingerprint density at radius 3 is 2.14 bits per heavy atom. The van der Waals surface area contributed by atoms with Gasteiger partial charge in [0.25, 0.3) is 5.56 Å². The van der Waals surface area contributed by atoms with Gasteiger partial charge in [0.05, 0.1) is 6.54 Å². The molecule has 22 heavy (non-hydrogen) atoms. The molecule has 5 nitrogen and oxygen atoms in total. The standard InChI is InChI=1S/C17H15N3O2/c1-19-16(21)15(14-10-6-3-7-11-14)18-20(17(19)22)12-13-8-4-2-5-9-13/h2-11H,12H2,1H3. The van der Waals surface area contributed by atoms with Crippen molar-refractivity contribution in [1.29, 1.82) is 0 Å². The Morgan fingerprint density at radius 2 is 1.50 bits per heavy atom. The Morgan fingerprint density at radius 1 is 0.909 bits per heavy atom. The van der Waals surface area contributed by atoms with Crippen LogP contribution in [0.15, 0.2) is 70.3 Å². The molecule has 0 aliphatic heterocycles. The van der Waals surface area contributed by atoms with Crippen LogP contribution in [0.3, 0.4) is 0 Å². The molecule has 0 aliphatic rings. The minimum atomic E-state index is -0.423. The fourth-order valence-electron chi connectivity index (χ4n) is 2.26.